The van der Waals surface area contributed by atoms with Gasteiger partial charge in [0, 0.05) is 51.5 Å². The molecule has 8 nitrogen and oxygen atoms in total. The van der Waals surface area contributed by atoms with Crippen LogP contribution in [-0.2, 0) is 7.05 Å². The van der Waals surface area contributed by atoms with Crippen LogP contribution in [0.5, 0.6) is 0 Å². The zero-order valence-electron chi connectivity index (χ0n) is 12.2. The first kappa shape index (κ1) is 12.6. The maximum atomic E-state index is 4.75. The molecule has 4 heterocycles. The van der Waals surface area contributed by atoms with Crippen LogP contribution >= 0.6 is 0 Å². The number of rotatable bonds is 2. The minimum absolute atomic E-state index is 0.221. The Hall–Kier alpha value is -2.09. The van der Waals surface area contributed by atoms with Crippen LogP contribution in [0.4, 0.5) is 11.9 Å². The molecule has 2 aromatic heterocycles. The van der Waals surface area contributed by atoms with Crippen LogP contribution in [0.1, 0.15) is 18.0 Å². The standard InChI is InChI=1S/C13H20N8/c1-19-9-10(8-16-19)11-2-3-15-12-17-13(18-21(11)12)20-6-4-14-5-7-20/h8-9,11,14H,2-7H2,1H3,(H,15,17,18). The fourth-order valence-corrected chi connectivity index (χ4v) is 3.01. The number of nitrogens with one attached hydrogen (secondary N) is 2. The number of anilines is 2. The van der Waals surface area contributed by atoms with E-state index in [1.807, 2.05) is 22.6 Å². The van der Waals surface area contributed by atoms with Crippen LogP contribution in [0, 0.1) is 0 Å². The monoisotopic (exact) mass is 288 g/mol. The van der Waals surface area contributed by atoms with E-state index in [0.717, 1.165) is 51.0 Å². The highest BCUT2D eigenvalue weighted by Gasteiger charge is 2.27. The van der Waals surface area contributed by atoms with Gasteiger partial charge in [-0.15, -0.1) is 5.10 Å². The van der Waals surface area contributed by atoms with Crippen molar-refractivity contribution in [2.24, 2.45) is 7.05 Å². The molecule has 2 aliphatic heterocycles. The molecular formula is C13H20N8. The average Bonchev–Trinajstić information content (AvgIpc) is 3.14. The number of aryl methyl sites for hydroxylation is 1. The maximum absolute atomic E-state index is 4.75. The molecule has 0 spiro atoms. The normalized spacial score (nSPS) is 22.0. The summed E-state index contributed by atoms with van der Waals surface area (Å²) in [5.74, 6) is 1.69. The Morgan fingerprint density at radius 2 is 2.10 bits per heavy atom. The van der Waals surface area contributed by atoms with E-state index in [0.29, 0.717) is 0 Å². The second kappa shape index (κ2) is 5.03. The largest absolute Gasteiger partial charge is 0.354 e. The topological polar surface area (TPSA) is 75.8 Å². The lowest BCUT2D eigenvalue weighted by Gasteiger charge is -2.26. The van der Waals surface area contributed by atoms with Crippen molar-refractivity contribution in [3.63, 3.8) is 0 Å². The molecule has 1 atom stereocenters. The van der Waals surface area contributed by atoms with Crippen molar-refractivity contribution < 1.29 is 0 Å². The SMILES string of the molecule is Cn1cc(C2CCNc3nc(N4CCNCC4)nn32)cn1. The van der Waals surface area contributed by atoms with Gasteiger partial charge in [0.1, 0.15) is 0 Å². The van der Waals surface area contributed by atoms with E-state index in [1.54, 1.807) is 0 Å². The second-order valence-corrected chi connectivity index (χ2v) is 5.60. The molecular weight excluding hydrogens is 268 g/mol. The summed E-state index contributed by atoms with van der Waals surface area (Å²) in [4.78, 5) is 6.91. The number of aromatic nitrogens is 5. The van der Waals surface area contributed by atoms with E-state index in [2.05, 4.69) is 31.8 Å². The van der Waals surface area contributed by atoms with Crippen molar-refractivity contribution in [1.82, 2.24) is 29.9 Å². The Kier molecular flexibility index (Phi) is 3.03. The van der Waals surface area contributed by atoms with Crippen LogP contribution in [0.3, 0.4) is 0 Å². The smallest absolute Gasteiger partial charge is 0.246 e. The third-order valence-electron chi connectivity index (χ3n) is 4.13. The van der Waals surface area contributed by atoms with Crippen LogP contribution in [-0.4, -0.2) is 57.3 Å². The molecule has 0 radical (unpaired) electrons. The Balaban J connectivity index is 1.66. The summed E-state index contributed by atoms with van der Waals surface area (Å²) in [6.07, 6.45) is 4.99. The lowest BCUT2D eigenvalue weighted by Crippen LogP contribution is -2.44. The van der Waals surface area contributed by atoms with Crippen LogP contribution in [0.15, 0.2) is 12.4 Å². The van der Waals surface area contributed by atoms with Gasteiger partial charge in [-0.05, 0) is 6.42 Å². The fraction of sp³-hybridized carbons (Fsp3) is 0.615. The molecule has 1 fully saturated rings. The van der Waals surface area contributed by atoms with Crippen molar-refractivity contribution in [3.05, 3.63) is 18.0 Å². The third-order valence-corrected chi connectivity index (χ3v) is 4.13. The average molecular weight is 288 g/mol. The Labute approximate surface area is 123 Å². The lowest BCUT2D eigenvalue weighted by atomic mass is 10.1. The minimum Gasteiger partial charge on any atom is -0.354 e. The zero-order chi connectivity index (χ0) is 14.2. The molecule has 0 amide bonds. The molecule has 4 rings (SSSR count). The molecule has 0 aliphatic carbocycles. The second-order valence-electron chi connectivity index (χ2n) is 5.60. The lowest BCUT2D eigenvalue weighted by molar-refractivity contribution is 0.477. The maximum Gasteiger partial charge on any atom is 0.246 e. The van der Waals surface area contributed by atoms with E-state index < -0.39 is 0 Å². The highest BCUT2D eigenvalue weighted by molar-refractivity contribution is 5.41. The summed E-state index contributed by atoms with van der Waals surface area (Å²) in [5.41, 5.74) is 1.19. The van der Waals surface area contributed by atoms with Crippen LogP contribution in [0.2, 0.25) is 0 Å². The molecule has 112 valence electrons. The van der Waals surface area contributed by atoms with Crippen molar-refractivity contribution in [2.45, 2.75) is 12.5 Å². The summed E-state index contributed by atoms with van der Waals surface area (Å²) in [6.45, 7) is 4.81. The van der Waals surface area contributed by atoms with Gasteiger partial charge in [-0.3, -0.25) is 4.68 Å². The number of hydrogen-bond donors (Lipinski definition) is 2. The molecule has 1 unspecified atom stereocenters. The first-order chi connectivity index (χ1) is 10.3. The summed E-state index contributed by atoms with van der Waals surface area (Å²) in [5, 5.41) is 15.7. The summed E-state index contributed by atoms with van der Waals surface area (Å²) in [6, 6.07) is 0.221. The molecule has 0 saturated carbocycles. The Morgan fingerprint density at radius 1 is 1.24 bits per heavy atom. The van der Waals surface area contributed by atoms with Gasteiger partial charge in [0.15, 0.2) is 0 Å². The van der Waals surface area contributed by atoms with Crippen LogP contribution < -0.4 is 15.5 Å². The van der Waals surface area contributed by atoms with Gasteiger partial charge in [0.2, 0.25) is 11.9 Å². The molecule has 1 saturated heterocycles. The Morgan fingerprint density at radius 3 is 2.86 bits per heavy atom. The number of piperazine rings is 1. The van der Waals surface area contributed by atoms with Crippen molar-refractivity contribution >= 4 is 11.9 Å². The fourth-order valence-electron chi connectivity index (χ4n) is 3.01. The molecule has 0 aromatic carbocycles. The van der Waals surface area contributed by atoms with Gasteiger partial charge in [-0.25, -0.2) is 4.68 Å². The van der Waals surface area contributed by atoms with Crippen molar-refractivity contribution in [2.75, 3.05) is 42.9 Å². The summed E-state index contributed by atoms with van der Waals surface area (Å²) < 4.78 is 3.85. The van der Waals surface area contributed by atoms with Gasteiger partial charge < -0.3 is 15.5 Å². The van der Waals surface area contributed by atoms with Gasteiger partial charge >= 0.3 is 0 Å². The van der Waals surface area contributed by atoms with E-state index in [1.165, 1.54) is 5.56 Å². The summed E-state index contributed by atoms with van der Waals surface area (Å²) >= 11 is 0. The molecule has 2 aromatic rings. The number of hydrogen-bond acceptors (Lipinski definition) is 6. The van der Waals surface area contributed by atoms with E-state index in [9.17, 15) is 0 Å². The Bertz CT molecular complexity index is 624. The summed E-state index contributed by atoms with van der Waals surface area (Å²) in [7, 11) is 1.94. The van der Waals surface area contributed by atoms with Crippen molar-refractivity contribution in [1.29, 1.82) is 0 Å². The third kappa shape index (κ3) is 2.25. The molecule has 21 heavy (non-hydrogen) atoms. The quantitative estimate of drug-likeness (QED) is 0.799. The molecule has 0 bridgehead atoms. The minimum atomic E-state index is 0.221. The van der Waals surface area contributed by atoms with E-state index >= 15 is 0 Å². The predicted octanol–water partition coefficient (Wildman–Crippen LogP) is -0.174. The van der Waals surface area contributed by atoms with Gasteiger partial charge in [-0.2, -0.15) is 10.1 Å². The molecule has 2 N–H and O–H groups in total. The zero-order valence-corrected chi connectivity index (χ0v) is 12.2. The van der Waals surface area contributed by atoms with E-state index in [4.69, 9.17) is 5.10 Å². The van der Waals surface area contributed by atoms with E-state index in [-0.39, 0.29) is 6.04 Å². The first-order valence-corrected chi connectivity index (χ1v) is 7.46. The van der Waals surface area contributed by atoms with Gasteiger partial charge in [0.25, 0.3) is 0 Å². The molecule has 8 heteroatoms. The highest BCUT2D eigenvalue weighted by atomic mass is 15.5. The van der Waals surface area contributed by atoms with Crippen LogP contribution in [0.25, 0.3) is 0 Å². The first-order valence-electron chi connectivity index (χ1n) is 7.46. The number of fused-ring (bicyclic) bond motifs is 1. The molecule has 2 aliphatic rings. The predicted molar refractivity (Wildman–Crippen MR) is 79.6 cm³/mol. The van der Waals surface area contributed by atoms with Gasteiger partial charge in [0.05, 0.1) is 12.2 Å². The van der Waals surface area contributed by atoms with Gasteiger partial charge in [-0.1, -0.05) is 0 Å². The van der Waals surface area contributed by atoms with Crippen molar-refractivity contribution in [3.8, 4) is 0 Å². The highest BCUT2D eigenvalue weighted by Crippen LogP contribution is 2.29. The number of nitrogens with zero attached hydrogens (tertiary/aromatic N) is 6.